The third-order valence-corrected chi connectivity index (χ3v) is 6.37. The molecule has 29 heavy (non-hydrogen) atoms. The van der Waals surface area contributed by atoms with Crippen LogP contribution in [0, 0.1) is 18.8 Å². The van der Waals surface area contributed by atoms with Crippen LogP contribution in [-0.2, 0) is 14.3 Å². The van der Waals surface area contributed by atoms with E-state index in [1.807, 2.05) is 12.1 Å². The Kier molecular flexibility index (Phi) is 4.28. The van der Waals surface area contributed by atoms with Crippen LogP contribution in [0.4, 0.5) is 5.82 Å². The van der Waals surface area contributed by atoms with Crippen molar-refractivity contribution in [2.24, 2.45) is 11.8 Å². The summed E-state index contributed by atoms with van der Waals surface area (Å²) in [5.74, 6) is 0.980. The maximum Gasteiger partial charge on any atom is 0.295 e. The number of aryl methyl sites for hydroxylation is 1. The number of ketones is 1. The molecule has 7 heteroatoms. The first-order chi connectivity index (χ1) is 13.9. The molecule has 1 amide bonds. The molecular weight excluding hydrogens is 392 g/mol. The number of aromatic nitrogens is 1. The number of hydrogen-bond donors (Lipinski definition) is 0. The van der Waals surface area contributed by atoms with Crippen LogP contribution in [0.3, 0.4) is 0 Å². The zero-order chi connectivity index (χ0) is 20.3. The summed E-state index contributed by atoms with van der Waals surface area (Å²) < 4.78 is 11.4. The van der Waals surface area contributed by atoms with E-state index in [2.05, 4.69) is 12.1 Å². The molecule has 0 N–H and O–H groups in total. The smallest absolute Gasteiger partial charge is 0.295 e. The molecule has 0 bridgehead atoms. The van der Waals surface area contributed by atoms with Crippen LogP contribution in [0.5, 0.6) is 0 Å². The lowest BCUT2D eigenvalue weighted by atomic mass is 9.74. The van der Waals surface area contributed by atoms with Gasteiger partial charge in [-0.05, 0) is 49.8 Å². The number of amides is 1. The normalized spacial score (nSPS) is 29.0. The highest BCUT2D eigenvalue weighted by atomic mass is 35.5. The van der Waals surface area contributed by atoms with Crippen molar-refractivity contribution in [1.29, 1.82) is 0 Å². The van der Waals surface area contributed by atoms with Crippen molar-refractivity contribution in [2.45, 2.75) is 45.3 Å². The molecule has 2 aromatic rings. The van der Waals surface area contributed by atoms with Gasteiger partial charge >= 0.3 is 0 Å². The molecular formula is C22H21ClN2O4. The van der Waals surface area contributed by atoms with Gasteiger partial charge in [0.15, 0.2) is 17.4 Å². The average Bonchev–Trinajstić information content (AvgIpc) is 3.24. The lowest BCUT2D eigenvalue weighted by Crippen LogP contribution is -2.41. The molecule has 4 atom stereocenters. The standard InChI is InChI=1S/C22H21ClN2O4/c1-11-6-7-16-15(8-11)20(26)18-19(13-4-3-5-14(23)10-13)25(22(27)21(18)28-16)17-9-12(2)29-24-17/h3-5,9-11,15-16,19H,6-8H2,1-2H3. The van der Waals surface area contributed by atoms with Crippen molar-refractivity contribution >= 4 is 29.1 Å². The number of ether oxygens (including phenoxy) is 1. The van der Waals surface area contributed by atoms with Gasteiger partial charge in [-0.2, -0.15) is 0 Å². The zero-order valence-corrected chi connectivity index (χ0v) is 17.0. The summed E-state index contributed by atoms with van der Waals surface area (Å²) in [6, 6.07) is 8.27. The fourth-order valence-electron chi connectivity index (χ4n) is 4.77. The van der Waals surface area contributed by atoms with Gasteiger partial charge in [-0.15, -0.1) is 0 Å². The minimum Gasteiger partial charge on any atom is -0.483 e. The minimum absolute atomic E-state index is 0.00356. The topological polar surface area (TPSA) is 72.6 Å². The molecule has 0 radical (unpaired) electrons. The van der Waals surface area contributed by atoms with E-state index in [1.165, 1.54) is 4.90 Å². The van der Waals surface area contributed by atoms with Gasteiger partial charge in [0.25, 0.3) is 5.91 Å². The third-order valence-electron chi connectivity index (χ3n) is 6.14. The first kappa shape index (κ1) is 18.4. The second-order valence-electron chi connectivity index (χ2n) is 8.22. The summed E-state index contributed by atoms with van der Waals surface area (Å²) in [4.78, 5) is 28.5. The van der Waals surface area contributed by atoms with Gasteiger partial charge in [0.05, 0.1) is 17.5 Å². The van der Waals surface area contributed by atoms with Crippen LogP contribution < -0.4 is 4.90 Å². The maximum atomic E-state index is 13.6. The Morgan fingerprint density at radius 3 is 2.76 bits per heavy atom. The third kappa shape index (κ3) is 2.89. The Labute approximate surface area is 173 Å². The van der Waals surface area contributed by atoms with Crippen LogP contribution in [0.2, 0.25) is 5.02 Å². The highest BCUT2D eigenvalue weighted by Gasteiger charge is 2.53. The van der Waals surface area contributed by atoms with Gasteiger partial charge in [0.2, 0.25) is 0 Å². The highest BCUT2D eigenvalue weighted by Crippen LogP contribution is 2.48. The van der Waals surface area contributed by atoms with Gasteiger partial charge in [-0.25, -0.2) is 0 Å². The molecule has 5 rings (SSSR count). The molecule has 1 aromatic heterocycles. The van der Waals surface area contributed by atoms with Crippen LogP contribution >= 0.6 is 11.6 Å². The molecule has 1 aliphatic carbocycles. The molecule has 4 unspecified atom stereocenters. The van der Waals surface area contributed by atoms with E-state index >= 15 is 0 Å². The van der Waals surface area contributed by atoms with Crippen molar-refractivity contribution in [3.63, 3.8) is 0 Å². The molecule has 1 saturated carbocycles. The second-order valence-corrected chi connectivity index (χ2v) is 8.65. The highest BCUT2D eigenvalue weighted by molar-refractivity contribution is 6.30. The van der Waals surface area contributed by atoms with E-state index in [0.29, 0.717) is 28.1 Å². The van der Waals surface area contributed by atoms with Crippen molar-refractivity contribution in [3.8, 4) is 0 Å². The number of halogens is 1. The summed E-state index contributed by atoms with van der Waals surface area (Å²) in [7, 11) is 0. The Morgan fingerprint density at radius 1 is 1.21 bits per heavy atom. The van der Waals surface area contributed by atoms with Crippen LogP contribution in [0.15, 0.2) is 46.2 Å². The van der Waals surface area contributed by atoms with E-state index in [9.17, 15) is 9.59 Å². The van der Waals surface area contributed by atoms with E-state index in [1.54, 1.807) is 25.1 Å². The summed E-state index contributed by atoms with van der Waals surface area (Å²) in [5, 5.41) is 4.57. The predicted molar refractivity (Wildman–Crippen MR) is 106 cm³/mol. The van der Waals surface area contributed by atoms with Crippen molar-refractivity contribution in [2.75, 3.05) is 4.90 Å². The van der Waals surface area contributed by atoms with Gasteiger partial charge in [0.1, 0.15) is 11.9 Å². The van der Waals surface area contributed by atoms with Crippen molar-refractivity contribution < 1.29 is 18.8 Å². The van der Waals surface area contributed by atoms with Gasteiger partial charge in [0, 0.05) is 11.1 Å². The molecule has 2 aliphatic heterocycles. The SMILES string of the molecule is Cc1cc(N2C(=O)C3=C(C(=O)C4CC(C)CCC4O3)C2c2cccc(Cl)c2)no1. The molecule has 0 spiro atoms. The number of hydrogen-bond acceptors (Lipinski definition) is 5. The number of Topliss-reactive ketones (excluding diaryl/α,β-unsaturated/α-hetero) is 1. The number of benzene rings is 1. The van der Waals surface area contributed by atoms with E-state index < -0.39 is 6.04 Å². The molecule has 150 valence electrons. The van der Waals surface area contributed by atoms with Gasteiger partial charge < -0.3 is 9.26 Å². The van der Waals surface area contributed by atoms with E-state index in [4.69, 9.17) is 20.9 Å². The molecule has 6 nitrogen and oxygen atoms in total. The average molecular weight is 413 g/mol. The molecule has 1 fully saturated rings. The largest absolute Gasteiger partial charge is 0.483 e. The van der Waals surface area contributed by atoms with Crippen LogP contribution in [-0.4, -0.2) is 23.0 Å². The molecule has 0 saturated heterocycles. The summed E-state index contributed by atoms with van der Waals surface area (Å²) in [6.45, 7) is 3.92. The van der Waals surface area contributed by atoms with Crippen molar-refractivity contribution in [3.05, 3.63) is 58.0 Å². The van der Waals surface area contributed by atoms with Crippen molar-refractivity contribution in [1.82, 2.24) is 5.16 Å². The van der Waals surface area contributed by atoms with Gasteiger partial charge in [-0.1, -0.05) is 35.8 Å². The summed E-state index contributed by atoms with van der Waals surface area (Å²) >= 11 is 6.23. The monoisotopic (exact) mass is 412 g/mol. The number of carbonyl (C=O) groups excluding carboxylic acids is 2. The number of rotatable bonds is 2. The fraction of sp³-hybridized carbons (Fsp3) is 0.409. The van der Waals surface area contributed by atoms with Crippen LogP contribution in [0.1, 0.15) is 43.6 Å². The molecule has 3 aliphatic rings. The number of anilines is 1. The second kappa shape index (κ2) is 6.73. The lowest BCUT2D eigenvalue weighted by Gasteiger charge is -2.37. The Bertz CT molecular complexity index is 1040. The first-order valence-electron chi connectivity index (χ1n) is 9.91. The minimum atomic E-state index is -0.633. The number of carbonyl (C=O) groups is 2. The lowest BCUT2D eigenvalue weighted by molar-refractivity contribution is -0.132. The first-order valence-corrected chi connectivity index (χ1v) is 10.3. The Hall–Kier alpha value is -2.60. The number of fused-ring (bicyclic) bond motifs is 1. The molecule has 3 heterocycles. The van der Waals surface area contributed by atoms with Crippen LogP contribution in [0.25, 0.3) is 0 Å². The summed E-state index contributed by atoms with van der Waals surface area (Å²) in [6.07, 6.45) is 2.32. The zero-order valence-electron chi connectivity index (χ0n) is 16.2. The fourth-order valence-corrected chi connectivity index (χ4v) is 4.97. The number of nitrogens with zero attached hydrogens (tertiary/aromatic N) is 2. The molecule has 1 aromatic carbocycles. The maximum absolute atomic E-state index is 13.6. The summed E-state index contributed by atoms with van der Waals surface area (Å²) in [5.41, 5.74) is 1.16. The Morgan fingerprint density at radius 2 is 2.03 bits per heavy atom. The van der Waals surface area contributed by atoms with E-state index in [0.717, 1.165) is 24.8 Å². The Balaban J connectivity index is 1.65. The predicted octanol–water partition coefficient (Wildman–Crippen LogP) is 4.38. The van der Waals surface area contributed by atoms with Gasteiger partial charge in [-0.3, -0.25) is 14.5 Å². The van der Waals surface area contributed by atoms with E-state index in [-0.39, 0.29) is 29.5 Å². The quantitative estimate of drug-likeness (QED) is 0.731.